The van der Waals surface area contributed by atoms with Crippen LogP contribution in [0.5, 0.6) is 5.75 Å². The van der Waals surface area contributed by atoms with Crippen LogP contribution in [0.3, 0.4) is 0 Å². The number of likely N-dealkylation sites (N-methyl/N-ethyl adjacent to an activating group) is 1. The molecule has 0 aromatic heterocycles. The summed E-state index contributed by atoms with van der Waals surface area (Å²) in [5.74, 6) is 1.50. The number of ether oxygens (including phenoxy) is 1. The Labute approximate surface area is 114 Å². The first-order chi connectivity index (χ1) is 9.07. The van der Waals surface area contributed by atoms with Crippen molar-refractivity contribution in [2.45, 2.75) is 51.6 Å². The molecule has 0 N–H and O–H groups in total. The van der Waals surface area contributed by atoms with Crippen molar-refractivity contribution in [3.8, 4) is 5.75 Å². The van der Waals surface area contributed by atoms with Gasteiger partial charge in [-0.3, -0.25) is 4.79 Å². The summed E-state index contributed by atoms with van der Waals surface area (Å²) < 4.78 is 6.10. The number of nitrogens with zero attached hydrogens (tertiary/aromatic N) is 1. The van der Waals surface area contributed by atoms with E-state index in [0.717, 1.165) is 30.7 Å². The molecule has 1 aliphatic heterocycles. The number of carbonyl (C=O) groups is 1. The fourth-order valence-corrected chi connectivity index (χ4v) is 2.93. The highest BCUT2D eigenvalue weighted by atomic mass is 16.5. The van der Waals surface area contributed by atoms with Gasteiger partial charge in [0, 0.05) is 6.54 Å². The van der Waals surface area contributed by atoms with E-state index in [9.17, 15) is 4.79 Å². The lowest BCUT2D eigenvalue weighted by atomic mass is 9.77. The maximum Gasteiger partial charge on any atom is 0.271 e. The van der Waals surface area contributed by atoms with Crippen molar-refractivity contribution in [3.63, 3.8) is 0 Å². The minimum atomic E-state index is -0.557. The highest BCUT2D eigenvalue weighted by molar-refractivity contribution is 6.03. The zero-order valence-electron chi connectivity index (χ0n) is 11.9. The van der Waals surface area contributed by atoms with Crippen LogP contribution in [0.15, 0.2) is 18.2 Å². The van der Waals surface area contributed by atoms with Gasteiger partial charge in [-0.25, -0.2) is 0 Å². The van der Waals surface area contributed by atoms with Crippen LogP contribution < -0.4 is 9.64 Å². The summed E-state index contributed by atoms with van der Waals surface area (Å²) in [7, 11) is 0. The van der Waals surface area contributed by atoms with Gasteiger partial charge < -0.3 is 9.64 Å². The minimum absolute atomic E-state index is 0.144. The van der Waals surface area contributed by atoms with E-state index in [0.29, 0.717) is 12.5 Å². The molecule has 1 aliphatic carbocycles. The Kier molecular flexibility index (Phi) is 2.80. The van der Waals surface area contributed by atoms with E-state index < -0.39 is 5.60 Å². The van der Waals surface area contributed by atoms with Crippen molar-refractivity contribution in [3.05, 3.63) is 23.8 Å². The van der Waals surface area contributed by atoms with Gasteiger partial charge in [0.15, 0.2) is 5.60 Å². The Morgan fingerprint density at radius 3 is 2.63 bits per heavy atom. The molecule has 102 valence electrons. The monoisotopic (exact) mass is 259 g/mol. The SMILES string of the molecule is CCN1C(=O)C2(CCC2)Oc2cc(C(C)C)ccc21. The van der Waals surface area contributed by atoms with Crippen LogP contribution in [0.2, 0.25) is 0 Å². The Morgan fingerprint density at radius 2 is 2.11 bits per heavy atom. The quantitative estimate of drug-likeness (QED) is 0.813. The second kappa shape index (κ2) is 4.26. The standard InChI is InChI=1S/C16H21NO2/c1-4-17-13-7-6-12(11(2)3)10-14(13)19-16(15(17)18)8-5-9-16/h6-7,10-11H,4-5,8-9H2,1-3H3. The molecule has 0 bridgehead atoms. The van der Waals surface area contributed by atoms with Crippen LogP contribution in [-0.4, -0.2) is 18.1 Å². The fraction of sp³-hybridized carbons (Fsp3) is 0.562. The number of hydrogen-bond acceptors (Lipinski definition) is 2. The number of fused-ring (bicyclic) bond motifs is 1. The van der Waals surface area contributed by atoms with Gasteiger partial charge in [0.1, 0.15) is 5.75 Å². The largest absolute Gasteiger partial charge is 0.475 e. The molecule has 1 saturated carbocycles. The van der Waals surface area contributed by atoms with E-state index in [1.165, 1.54) is 5.56 Å². The van der Waals surface area contributed by atoms with E-state index in [1.54, 1.807) is 0 Å². The summed E-state index contributed by atoms with van der Waals surface area (Å²) in [5.41, 5.74) is 1.63. The van der Waals surface area contributed by atoms with Gasteiger partial charge in [-0.15, -0.1) is 0 Å². The third-order valence-electron chi connectivity index (χ3n) is 4.36. The van der Waals surface area contributed by atoms with Crippen LogP contribution in [-0.2, 0) is 4.79 Å². The van der Waals surface area contributed by atoms with Crippen LogP contribution in [0.4, 0.5) is 5.69 Å². The van der Waals surface area contributed by atoms with Crippen LogP contribution >= 0.6 is 0 Å². The molecule has 1 aromatic rings. The van der Waals surface area contributed by atoms with Crippen molar-refractivity contribution in [2.24, 2.45) is 0 Å². The van der Waals surface area contributed by atoms with Crippen molar-refractivity contribution in [1.82, 2.24) is 0 Å². The molecule has 1 heterocycles. The van der Waals surface area contributed by atoms with Crippen molar-refractivity contribution in [1.29, 1.82) is 0 Å². The van der Waals surface area contributed by atoms with E-state index in [4.69, 9.17) is 4.74 Å². The average molecular weight is 259 g/mol. The second-order valence-corrected chi connectivity index (χ2v) is 5.88. The molecular weight excluding hydrogens is 238 g/mol. The molecular formula is C16H21NO2. The molecule has 1 spiro atoms. The van der Waals surface area contributed by atoms with Gasteiger partial charge in [0.2, 0.25) is 0 Å². The van der Waals surface area contributed by atoms with E-state index in [-0.39, 0.29) is 5.91 Å². The van der Waals surface area contributed by atoms with Crippen molar-refractivity contribution in [2.75, 3.05) is 11.4 Å². The predicted molar refractivity (Wildman–Crippen MR) is 75.8 cm³/mol. The lowest BCUT2D eigenvalue weighted by Crippen LogP contribution is -2.59. The molecule has 3 nitrogen and oxygen atoms in total. The molecule has 0 unspecified atom stereocenters. The van der Waals surface area contributed by atoms with E-state index in [1.807, 2.05) is 17.9 Å². The van der Waals surface area contributed by atoms with Gasteiger partial charge in [-0.2, -0.15) is 0 Å². The van der Waals surface area contributed by atoms with Crippen LogP contribution in [0.25, 0.3) is 0 Å². The topological polar surface area (TPSA) is 29.5 Å². The zero-order valence-corrected chi connectivity index (χ0v) is 11.9. The summed E-state index contributed by atoms with van der Waals surface area (Å²) in [6.07, 6.45) is 2.80. The third kappa shape index (κ3) is 1.75. The summed E-state index contributed by atoms with van der Waals surface area (Å²) in [5, 5.41) is 0. The lowest BCUT2D eigenvalue weighted by Gasteiger charge is -2.47. The molecule has 1 fully saturated rings. The Morgan fingerprint density at radius 1 is 1.37 bits per heavy atom. The normalized spacial score (nSPS) is 20.2. The zero-order chi connectivity index (χ0) is 13.6. The number of rotatable bonds is 2. The molecule has 0 radical (unpaired) electrons. The Bertz CT molecular complexity index is 517. The maximum atomic E-state index is 12.5. The number of carbonyl (C=O) groups excluding carboxylic acids is 1. The van der Waals surface area contributed by atoms with Gasteiger partial charge >= 0.3 is 0 Å². The highest BCUT2D eigenvalue weighted by Gasteiger charge is 2.52. The smallest absolute Gasteiger partial charge is 0.271 e. The number of amides is 1. The molecule has 1 aromatic carbocycles. The molecule has 2 aliphatic rings. The minimum Gasteiger partial charge on any atom is -0.475 e. The summed E-state index contributed by atoms with van der Waals surface area (Å²) in [6.45, 7) is 7.08. The summed E-state index contributed by atoms with van der Waals surface area (Å²) in [4.78, 5) is 14.4. The Balaban J connectivity index is 2.06. The number of anilines is 1. The molecule has 0 saturated heterocycles. The maximum absolute atomic E-state index is 12.5. The average Bonchev–Trinajstić information content (AvgIpc) is 2.35. The number of benzene rings is 1. The van der Waals surface area contributed by atoms with Crippen molar-refractivity contribution >= 4 is 11.6 Å². The third-order valence-corrected chi connectivity index (χ3v) is 4.36. The molecule has 3 rings (SSSR count). The molecule has 1 amide bonds. The number of hydrogen-bond donors (Lipinski definition) is 0. The van der Waals surface area contributed by atoms with Gasteiger partial charge in [0.25, 0.3) is 5.91 Å². The van der Waals surface area contributed by atoms with E-state index >= 15 is 0 Å². The molecule has 19 heavy (non-hydrogen) atoms. The highest BCUT2D eigenvalue weighted by Crippen LogP contribution is 2.46. The van der Waals surface area contributed by atoms with Crippen LogP contribution in [0, 0.1) is 0 Å². The second-order valence-electron chi connectivity index (χ2n) is 5.88. The lowest BCUT2D eigenvalue weighted by molar-refractivity contribution is -0.143. The van der Waals surface area contributed by atoms with Gasteiger partial charge in [0.05, 0.1) is 5.69 Å². The molecule has 3 heteroatoms. The summed E-state index contributed by atoms with van der Waals surface area (Å²) >= 11 is 0. The first kappa shape index (κ1) is 12.5. The predicted octanol–water partition coefficient (Wildman–Crippen LogP) is 3.48. The Hall–Kier alpha value is -1.51. The fourth-order valence-electron chi connectivity index (χ4n) is 2.93. The molecule has 0 atom stereocenters. The summed E-state index contributed by atoms with van der Waals surface area (Å²) in [6, 6.07) is 6.23. The first-order valence-corrected chi connectivity index (χ1v) is 7.22. The van der Waals surface area contributed by atoms with Gasteiger partial charge in [-0.1, -0.05) is 19.9 Å². The van der Waals surface area contributed by atoms with Crippen LogP contribution in [0.1, 0.15) is 51.5 Å². The van der Waals surface area contributed by atoms with Crippen molar-refractivity contribution < 1.29 is 9.53 Å². The van der Waals surface area contributed by atoms with Gasteiger partial charge in [-0.05, 0) is 49.8 Å². The van der Waals surface area contributed by atoms with E-state index in [2.05, 4.69) is 26.0 Å². The first-order valence-electron chi connectivity index (χ1n) is 7.22.